The SMILES string of the molecule is Cl.NCCCOC1CCN(C(=O)Cc2cc(Cl)c3c(c2)OCCO3)CC1. The van der Waals surface area contributed by atoms with Crippen molar-refractivity contribution in [1.29, 1.82) is 0 Å². The number of halogens is 2. The summed E-state index contributed by atoms with van der Waals surface area (Å²) in [6.45, 7) is 3.79. The molecule has 0 bridgehead atoms. The number of benzene rings is 1. The first-order valence-corrected chi connectivity index (χ1v) is 9.22. The lowest BCUT2D eigenvalue weighted by atomic mass is 10.1. The molecule has 1 amide bonds. The van der Waals surface area contributed by atoms with Crippen LogP contribution in [0, 0.1) is 0 Å². The molecule has 0 aliphatic carbocycles. The first-order chi connectivity index (χ1) is 12.2. The van der Waals surface area contributed by atoms with Crippen molar-refractivity contribution in [3.05, 3.63) is 22.7 Å². The van der Waals surface area contributed by atoms with Gasteiger partial charge in [0.1, 0.15) is 13.2 Å². The summed E-state index contributed by atoms with van der Waals surface area (Å²) in [5.41, 5.74) is 6.32. The van der Waals surface area contributed by atoms with Crippen LogP contribution in [-0.4, -0.2) is 56.4 Å². The van der Waals surface area contributed by atoms with Gasteiger partial charge in [-0.3, -0.25) is 4.79 Å². The van der Waals surface area contributed by atoms with Crippen molar-refractivity contribution in [2.75, 3.05) is 39.5 Å². The predicted molar refractivity (Wildman–Crippen MR) is 103 cm³/mol. The zero-order chi connectivity index (χ0) is 17.6. The Balaban J connectivity index is 0.00000243. The van der Waals surface area contributed by atoms with E-state index < -0.39 is 0 Å². The number of fused-ring (bicyclic) bond motifs is 1. The number of amides is 1. The normalized spacial score (nSPS) is 16.9. The average molecular weight is 405 g/mol. The molecule has 8 heteroatoms. The molecule has 3 rings (SSSR count). The van der Waals surface area contributed by atoms with Gasteiger partial charge in [0.25, 0.3) is 0 Å². The molecule has 2 heterocycles. The quantitative estimate of drug-likeness (QED) is 0.736. The molecule has 2 aliphatic rings. The van der Waals surface area contributed by atoms with Crippen molar-refractivity contribution in [2.24, 2.45) is 5.73 Å². The second-order valence-corrected chi connectivity index (χ2v) is 6.78. The van der Waals surface area contributed by atoms with Crippen molar-refractivity contribution in [1.82, 2.24) is 4.90 Å². The molecule has 0 spiro atoms. The van der Waals surface area contributed by atoms with Crippen molar-refractivity contribution in [2.45, 2.75) is 31.8 Å². The zero-order valence-electron chi connectivity index (χ0n) is 14.7. The number of piperidine rings is 1. The summed E-state index contributed by atoms with van der Waals surface area (Å²) < 4.78 is 16.9. The fourth-order valence-corrected chi connectivity index (χ4v) is 3.45. The molecule has 26 heavy (non-hydrogen) atoms. The maximum Gasteiger partial charge on any atom is 0.226 e. The van der Waals surface area contributed by atoms with Crippen LogP contribution in [-0.2, 0) is 16.0 Å². The molecule has 0 unspecified atom stereocenters. The highest BCUT2D eigenvalue weighted by molar-refractivity contribution is 6.32. The van der Waals surface area contributed by atoms with E-state index in [4.69, 9.17) is 31.5 Å². The topological polar surface area (TPSA) is 74.0 Å². The van der Waals surface area contributed by atoms with Crippen LogP contribution < -0.4 is 15.2 Å². The van der Waals surface area contributed by atoms with Gasteiger partial charge in [0.2, 0.25) is 5.91 Å². The molecule has 6 nitrogen and oxygen atoms in total. The highest BCUT2D eigenvalue weighted by Gasteiger charge is 2.24. The number of likely N-dealkylation sites (tertiary alicyclic amines) is 1. The number of nitrogens with zero attached hydrogens (tertiary/aromatic N) is 1. The Bertz CT molecular complexity index is 607. The Kier molecular flexibility index (Phi) is 8.28. The van der Waals surface area contributed by atoms with Gasteiger partial charge in [0.15, 0.2) is 11.5 Å². The Morgan fingerprint density at radius 1 is 1.27 bits per heavy atom. The van der Waals surface area contributed by atoms with E-state index in [2.05, 4.69) is 0 Å². The minimum absolute atomic E-state index is 0. The molecule has 2 aliphatic heterocycles. The van der Waals surface area contributed by atoms with Crippen LogP contribution in [0.3, 0.4) is 0 Å². The standard InChI is InChI=1S/C18H25ClN2O4.ClH/c19-15-10-13(11-16-18(15)25-9-8-24-16)12-17(22)21-5-2-14(3-6-21)23-7-1-4-20;/h10-11,14H,1-9,12,20H2;1H. The third-order valence-electron chi connectivity index (χ3n) is 4.51. The van der Waals surface area contributed by atoms with E-state index in [-0.39, 0.29) is 24.4 Å². The van der Waals surface area contributed by atoms with Crippen LogP contribution in [0.4, 0.5) is 0 Å². The van der Waals surface area contributed by atoms with Gasteiger partial charge in [-0.15, -0.1) is 12.4 Å². The molecular formula is C18H26Cl2N2O4. The third kappa shape index (κ3) is 5.39. The number of rotatable bonds is 6. The minimum atomic E-state index is 0. The molecule has 0 atom stereocenters. The second-order valence-electron chi connectivity index (χ2n) is 6.37. The Labute approximate surface area is 165 Å². The summed E-state index contributed by atoms with van der Waals surface area (Å²) in [5, 5.41) is 0.493. The fourth-order valence-electron chi connectivity index (χ4n) is 3.16. The maximum absolute atomic E-state index is 12.6. The fraction of sp³-hybridized carbons (Fsp3) is 0.611. The van der Waals surface area contributed by atoms with Gasteiger partial charge in [-0.2, -0.15) is 0 Å². The van der Waals surface area contributed by atoms with Crippen molar-refractivity contribution in [3.63, 3.8) is 0 Å². The number of carbonyl (C=O) groups is 1. The molecule has 0 radical (unpaired) electrons. The summed E-state index contributed by atoms with van der Waals surface area (Å²) >= 11 is 6.24. The molecule has 0 saturated carbocycles. The van der Waals surface area contributed by atoms with E-state index in [0.29, 0.717) is 49.3 Å². The third-order valence-corrected chi connectivity index (χ3v) is 4.79. The molecule has 1 aromatic rings. The Morgan fingerprint density at radius 2 is 2.00 bits per heavy atom. The number of hydrogen-bond donors (Lipinski definition) is 1. The van der Waals surface area contributed by atoms with Gasteiger partial charge in [-0.25, -0.2) is 0 Å². The second kappa shape index (κ2) is 10.2. The number of nitrogens with two attached hydrogens (primary N) is 1. The van der Waals surface area contributed by atoms with E-state index in [1.165, 1.54) is 0 Å². The molecule has 1 fully saturated rings. The highest BCUT2D eigenvalue weighted by atomic mass is 35.5. The lowest BCUT2D eigenvalue weighted by Crippen LogP contribution is -2.41. The Hall–Kier alpha value is -1.21. The van der Waals surface area contributed by atoms with Crippen molar-refractivity contribution < 1.29 is 19.0 Å². The number of ether oxygens (including phenoxy) is 3. The largest absolute Gasteiger partial charge is 0.486 e. The summed E-state index contributed by atoms with van der Waals surface area (Å²) in [7, 11) is 0. The summed E-state index contributed by atoms with van der Waals surface area (Å²) in [6, 6.07) is 3.64. The van der Waals surface area contributed by atoms with Gasteiger partial charge in [-0.1, -0.05) is 11.6 Å². The molecule has 1 aromatic carbocycles. The van der Waals surface area contributed by atoms with Gasteiger partial charge in [-0.05, 0) is 43.5 Å². The van der Waals surface area contributed by atoms with E-state index in [1.807, 2.05) is 11.0 Å². The van der Waals surface area contributed by atoms with Crippen LogP contribution in [0.5, 0.6) is 11.5 Å². The van der Waals surface area contributed by atoms with Gasteiger partial charge < -0.3 is 24.8 Å². The number of hydrogen-bond acceptors (Lipinski definition) is 5. The van der Waals surface area contributed by atoms with E-state index in [9.17, 15) is 4.79 Å². The summed E-state index contributed by atoms with van der Waals surface area (Å²) in [5.74, 6) is 1.29. The van der Waals surface area contributed by atoms with Crippen molar-refractivity contribution >= 4 is 29.9 Å². The van der Waals surface area contributed by atoms with Crippen LogP contribution in [0.2, 0.25) is 5.02 Å². The maximum atomic E-state index is 12.6. The van der Waals surface area contributed by atoms with E-state index >= 15 is 0 Å². The molecule has 0 aromatic heterocycles. The van der Waals surface area contributed by atoms with Crippen molar-refractivity contribution in [3.8, 4) is 11.5 Å². The summed E-state index contributed by atoms with van der Waals surface area (Å²) in [6.07, 6.45) is 3.18. The summed E-state index contributed by atoms with van der Waals surface area (Å²) in [4.78, 5) is 14.5. The number of carbonyl (C=O) groups excluding carboxylic acids is 1. The van der Waals surface area contributed by atoms with Gasteiger partial charge in [0, 0.05) is 19.7 Å². The molecule has 146 valence electrons. The lowest BCUT2D eigenvalue weighted by Gasteiger charge is -2.32. The first-order valence-electron chi connectivity index (χ1n) is 8.85. The van der Waals surface area contributed by atoms with Crippen LogP contribution in [0.15, 0.2) is 12.1 Å². The van der Waals surface area contributed by atoms with E-state index in [1.54, 1.807) is 6.07 Å². The minimum Gasteiger partial charge on any atom is -0.486 e. The Morgan fingerprint density at radius 3 is 2.73 bits per heavy atom. The lowest BCUT2D eigenvalue weighted by molar-refractivity contribution is -0.133. The monoisotopic (exact) mass is 404 g/mol. The zero-order valence-corrected chi connectivity index (χ0v) is 16.3. The van der Waals surface area contributed by atoms with Crippen LogP contribution in [0.25, 0.3) is 0 Å². The molecule has 2 N–H and O–H groups in total. The predicted octanol–water partition coefficient (Wildman–Crippen LogP) is 2.43. The average Bonchev–Trinajstić information content (AvgIpc) is 2.62. The van der Waals surface area contributed by atoms with Gasteiger partial charge >= 0.3 is 0 Å². The van der Waals surface area contributed by atoms with Crippen LogP contribution in [0.1, 0.15) is 24.8 Å². The smallest absolute Gasteiger partial charge is 0.226 e. The highest BCUT2D eigenvalue weighted by Crippen LogP contribution is 2.38. The first kappa shape index (κ1) is 21.1. The molecule has 1 saturated heterocycles. The molecular weight excluding hydrogens is 379 g/mol. The van der Waals surface area contributed by atoms with Crippen LogP contribution >= 0.6 is 24.0 Å². The van der Waals surface area contributed by atoms with Gasteiger partial charge in [0.05, 0.1) is 17.5 Å². The van der Waals surface area contributed by atoms with E-state index in [0.717, 1.165) is 37.9 Å².